The summed E-state index contributed by atoms with van der Waals surface area (Å²) in [6.45, 7) is 0. The van der Waals surface area contributed by atoms with Crippen molar-refractivity contribution in [1.82, 2.24) is 9.97 Å². The van der Waals surface area contributed by atoms with Gasteiger partial charge in [-0.3, -0.25) is 0 Å². The van der Waals surface area contributed by atoms with Crippen LogP contribution >= 0.6 is 0 Å². The predicted octanol–water partition coefficient (Wildman–Crippen LogP) is 5.02. The highest BCUT2D eigenvalue weighted by atomic mass is 16.5. The normalized spacial score (nSPS) is 10.9. The van der Waals surface area contributed by atoms with Gasteiger partial charge < -0.3 is 9.72 Å². The van der Waals surface area contributed by atoms with Crippen molar-refractivity contribution in [2.75, 3.05) is 7.11 Å². The maximum Gasteiger partial charge on any atom is 0.238 e. The molecule has 2 aromatic heterocycles. The van der Waals surface area contributed by atoms with Crippen LogP contribution in [0.4, 0.5) is 0 Å². The van der Waals surface area contributed by atoms with E-state index < -0.39 is 0 Å². The highest BCUT2D eigenvalue weighted by molar-refractivity contribution is 6.00. The molecule has 1 N–H and O–H groups in total. The number of H-pyrrole nitrogens is 1. The summed E-state index contributed by atoms with van der Waals surface area (Å²) in [5.74, 6) is 0.639. The minimum Gasteiger partial charge on any atom is -0.479 e. The Bertz CT molecular complexity index is 975. The topological polar surface area (TPSA) is 37.9 Å². The van der Waals surface area contributed by atoms with Gasteiger partial charge in [0.1, 0.15) is 5.52 Å². The first-order valence-electron chi connectivity index (χ1n) is 8.49. The van der Waals surface area contributed by atoms with Crippen LogP contribution in [0.2, 0.25) is 0 Å². The first-order chi connectivity index (χ1) is 12.4. The minimum atomic E-state index is 0.639. The molecule has 0 aliphatic carbocycles. The number of hydrogen-bond acceptors (Lipinski definition) is 2. The highest BCUT2D eigenvalue weighted by Gasteiger charge is 2.15. The van der Waals surface area contributed by atoms with E-state index in [1.54, 1.807) is 7.11 Å². The van der Waals surface area contributed by atoms with Crippen LogP contribution in [0.3, 0.4) is 0 Å². The second-order valence-corrected chi connectivity index (χ2v) is 6.10. The molecule has 0 aliphatic rings. The van der Waals surface area contributed by atoms with Crippen LogP contribution in [0.25, 0.3) is 22.0 Å². The van der Waals surface area contributed by atoms with Gasteiger partial charge in [-0.15, -0.1) is 0 Å². The van der Waals surface area contributed by atoms with Crippen LogP contribution in [0.1, 0.15) is 11.1 Å². The molecule has 0 saturated heterocycles. The van der Waals surface area contributed by atoms with Crippen LogP contribution in [0, 0.1) is 0 Å². The molecule has 0 radical (unpaired) electrons. The largest absolute Gasteiger partial charge is 0.479 e. The second-order valence-electron chi connectivity index (χ2n) is 6.10. The molecule has 0 amide bonds. The first kappa shape index (κ1) is 15.5. The van der Waals surface area contributed by atoms with E-state index in [1.165, 1.54) is 27.6 Å². The zero-order valence-corrected chi connectivity index (χ0v) is 14.2. The Morgan fingerprint density at radius 1 is 0.920 bits per heavy atom. The SMILES string of the molecule is COc1ncc(CCc2ccccc2)c2c(-c3ccccc3)c[nH]c12. The van der Waals surface area contributed by atoms with E-state index in [0.29, 0.717) is 5.88 Å². The standard InChI is InChI=1S/C22H20N2O/c1-25-22-21-20(19(15-23-21)17-10-6-3-7-11-17)18(14-24-22)13-12-16-8-4-2-5-9-16/h2-11,14-15,23H,12-13H2,1H3. The average Bonchev–Trinajstić information content (AvgIpc) is 3.13. The lowest BCUT2D eigenvalue weighted by atomic mass is 9.98. The van der Waals surface area contributed by atoms with Crippen molar-refractivity contribution in [3.05, 3.63) is 84.2 Å². The third-order valence-corrected chi connectivity index (χ3v) is 4.56. The summed E-state index contributed by atoms with van der Waals surface area (Å²) in [4.78, 5) is 7.85. The number of ether oxygens (including phenoxy) is 1. The van der Waals surface area contributed by atoms with Crippen LogP contribution < -0.4 is 4.74 Å². The number of benzene rings is 2. The number of pyridine rings is 1. The van der Waals surface area contributed by atoms with E-state index in [-0.39, 0.29) is 0 Å². The van der Waals surface area contributed by atoms with E-state index in [9.17, 15) is 0 Å². The molecule has 2 heterocycles. The number of hydrogen-bond donors (Lipinski definition) is 1. The number of rotatable bonds is 5. The summed E-state index contributed by atoms with van der Waals surface area (Å²) in [5, 5.41) is 1.20. The van der Waals surface area contributed by atoms with Gasteiger partial charge in [0.15, 0.2) is 0 Å². The molecule has 2 aromatic carbocycles. The van der Waals surface area contributed by atoms with Gasteiger partial charge in [-0.25, -0.2) is 4.98 Å². The molecule has 3 nitrogen and oxygen atoms in total. The monoisotopic (exact) mass is 328 g/mol. The van der Waals surface area contributed by atoms with Crippen molar-refractivity contribution < 1.29 is 4.74 Å². The molecule has 4 aromatic rings. The number of nitrogens with zero attached hydrogens (tertiary/aromatic N) is 1. The summed E-state index contributed by atoms with van der Waals surface area (Å²) in [6.07, 6.45) is 5.93. The summed E-state index contributed by atoms with van der Waals surface area (Å²) in [7, 11) is 1.66. The van der Waals surface area contributed by atoms with Gasteiger partial charge in [0.2, 0.25) is 5.88 Å². The molecular formula is C22H20N2O. The average molecular weight is 328 g/mol. The second kappa shape index (κ2) is 6.81. The lowest BCUT2D eigenvalue weighted by Gasteiger charge is -2.09. The van der Waals surface area contributed by atoms with E-state index in [4.69, 9.17) is 4.74 Å². The van der Waals surface area contributed by atoms with Crippen molar-refractivity contribution in [3.8, 4) is 17.0 Å². The molecule has 124 valence electrons. The number of fused-ring (bicyclic) bond motifs is 1. The summed E-state index contributed by atoms with van der Waals surface area (Å²) in [5.41, 5.74) is 5.93. The molecule has 4 rings (SSSR count). The quantitative estimate of drug-likeness (QED) is 0.558. The van der Waals surface area contributed by atoms with Crippen LogP contribution in [-0.4, -0.2) is 17.1 Å². The van der Waals surface area contributed by atoms with Gasteiger partial charge in [0.05, 0.1) is 7.11 Å². The van der Waals surface area contributed by atoms with E-state index in [0.717, 1.165) is 18.4 Å². The Labute approximate surface area is 147 Å². The van der Waals surface area contributed by atoms with E-state index in [2.05, 4.69) is 70.8 Å². The number of aryl methyl sites for hydroxylation is 2. The number of nitrogens with one attached hydrogen (secondary N) is 1. The third-order valence-electron chi connectivity index (χ3n) is 4.56. The fraction of sp³-hybridized carbons (Fsp3) is 0.136. The van der Waals surface area contributed by atoms with Crippen LogP contribution in [-0.2, 0) is 12.8 Å². The van der Waals surface area contributed by atoms with E-state index >= 15 is 0 Å². The molecule has 0 atom stereocenters. The van der Waals surface area contributed by atoms with Gasteiger partial charge in [-0.05, 0) is 29.5 Å². The number of methoxy groups -OCH3 is 1. The van der Waals surface area contributed by atoms with Crippen molar-refractivity contribution in [1.29, 1.82) is 0 Å². The molecule has 0 fully saturated rings. The van der Waals surface area contributed by atoms with Crippen LogP contribution in [0.5, 0.6) is 5.88 Å². The van der Waals surface area contributed by atoms with E-state index in [1.807, 2.05) is 12.3 Å². The predicted molar refractivity (Wildman–Crippen MR) is 102 cm³/mol. The summed E-state index contributed by atoms with van der Waals surface area (Å²) in [6, 6.07) is 21.0. The van der Waals surface area contributed by atoms with Gasteiger partial charge >= 0.3 is 0 Å². The van der Waals surface area contributed by atoms with Crippen molar-refractivity contribution in [2.45, 2.75) is 12.8 Å². The molecule has 3 heteroatoms. The third kappa shape index (κ3) is 3.01. The Kier molecular flexibility index (Phi) is 4.21. The zero-order valence-electron chi connectivity index (χ0n) is 14.2. The lowest BCUT2D eigenvalue weighted by molar-refractivity contribution is 0.402. The minimum absolute atomic E-state index is 0.639. The van der Waals surface area contributed by atoms with Gasteiger partial charge in [0, 0.05) is 23.3 Å². The Hall–Kier alpha value is -3.07. The fourth-order valence-electron chi connectivity index (χ4n) is 3.30. The molecule has 0 aliphatic heterocycles. The van der Waals surface area contributed by atoms with Crippen LogP contribution in [0.15, 0.2) is 73.1 Å². The van der Waals surface area contributed by atoms with Gasteiger partial charge in [-0.1, -0.05) is 60.7 Å². The maximum absolute atomic E-state index is 5.45. The molecule has 25 heavy (non-hydrogen) atoms. The van der Waals surface area contributed by atoms with Crippen molar-refractivity contribution >= 4 is 10.9 Å². The van der Waals surface area contributed by atoms with Gasteiger partial charge in [-0.2, -0.15) is 0 Å². The highest BCUT2D eigenvalue weighted by Crippen LogP contribution is 2.35. The van der Waals surface area contributed by atoms with Crippen molar-refractivity contribution in [2.24, 2.45) is 0 Å². The molecular weight excluding hydrogens is 308 g/mol. The molecule has 0 spiro atoms. The maximum atomic E-state index is 5.45. The smallest absolute Gasteiger partial charge is 0.238 e. The zero-order chi connectivity index (χ0) is 17.1. The number of aromatic nitrogens is 2. The summed E-state index contributed by atoms with van der Waals surface area (Å²) < 4.78 is 5.45. The van der Waals surface area contributed by atoms with Gasteiger partial charge in [0.25, 0.3) is 0 Å². The molecule has 0 bridgehead atoms. The Balaban J connectivity index is 1.79. The van der Waals surface area contributed by atoms with Crippen molar-refractivity contribution in [3.63, 3.8) is 0 Å². The lowest BCUT2D eigenvalue weighted by Crippen LogP contribution is -1.96. The number of aromatic amines is 1. The molecule has 0 saturated carbocycles. The Morgan fingerprint density at radius 2 is 1.64 bits per heavy atom. The summed E-state index contributed by atoms with van der Waals surface area (Å²) >= 11 is 0. The fourth-order valence-corrected chi connectivity index (χ4v) is 3.30. The Morgan fingerprint density at radius 3 is 2.36 bits per heavy atom. The first-order valence-corrected chi connectivity index (χ1v) is 8.49. The molecule has 0 unspecified atom stereocenters.